The molecule has 5 rings (SSSR count). The van der Waals surface area contributed by atoms with Gasteiger partial charge in [0.2, 0.25) is 0 Å². The summed E-state index contributed by atoms with van der Waals surface area (Å²) in [5.74, 6) is 0.851. The van der Waals surface area contributed by atoms with E-state index >= 15 is 0 Å². The minimum absolute atomic E-state index is 0.419. The fraction of sp³-hybridized carbons (Fsp3) is 0.100. The minimum Gasteiger partial charge on any atom is -0.486 e. The predicted molar refractivity (Wildman–Crippen MR) is 101 cm³/mol. The third-order valence-electron chi connectivity index (χ3n) is 4.66. The second-order valence-electron chi connectivity index (χ2n) is 6.29. The van der Waals surface area contributed by atoms with Gasteiger partial charge in [0.15, 0.2) is 11.5 Å². The molecule has 0 aliphatic carbocycles. The van der Waals surface area contributed by atoms with Crippen LogP contribution >= 0.6 is 0 Å². The van der Waals surface area contributed by atoms with Gasteiger partial charge in [-0.05, 0) is 36.4 Å². The van der Waals surface area contributed by atoms with E-state index in [1.165, 1.54) is 0 Å². The number of primary amides is 1. The molecule has 0 fully saturated rings. The molecule has 0 atom stereocenters. The van der Waals surface area contributed by atoms with Gasteiger partial charge in [-0.2, -0.15) is 0 Å². The molecule has 0 unspecified atom stereocenters. The topological polar surface area (TPSA) is 106 Å². The average Bonchev–Trinajstić information content (AvgIpc) is 3.34. The number of carbonyl (C=O) groups is 1. The molecule has 0 saturated carbocycles. The lowest BCUT2D eigenvalue weighted by molar-refractivity contribution is 0.100. The Morgan fingerprint density at radius 1 is 1.07 bits per heavy atom. The smallest absolute Gasteiger partial charge is 0.250 e. The van der Waals surface area contributed by atoms with Gasteiger partial charge in [0.1, 0.15) is 18.9 Å². The first-order chi connectivity index (χ1) is 13.2. The number of ether oxygens (including phenoxy) is 2. The Morgan fingerprint density at radius 2 is 1.93 bits per heavy atom. The molecule has 134 valence electrons. The summed E-state index contributed by atoms with van der Waals surface area (Å²) in [6.07, 6.45) is 3.56. The van der Waals surface area contributed by atoms with E-state index in [9.17, 15) is 4.79 Å². The van der Waals surface area contributed by atoms with E-state index in [1.54, 1.807) is 12.3 Å². The highest BCUT2D eigenvalue weighted by atomic mass is 16.6. The Kier molecular flexibility index (Phi) is 3.39. The maximum absolute atomic E-state index is 12.1. The largest absolute Gasteiger partial charge is 0.486 e. The predicted octanol–water partition coefficient (Wildman–Crippen LogP) is 3.10. The van der Waals surface area contributed by atoms with Crippen molar-refractivity contribution in [2.45, 2.75) is 0 Å². The van der Waals surface area contributed by atoms with Crippen molar-refractivity contribution in [2.24, 2.45) is 5.73 Å². The normalized spacial score (nSPS) is 13.0. The van der Waals surface area contributed by atoms with Crippen LogP contribution in [0.1, 0.15) is 10.4 Å². The Labute approximate surface area is 154 Å². The first kappa shape index (κ1) is 15.5. The third kappa shape index (κ3) is 2.52. The molecule has 3 aromatic heterocycles. The van der Waals surface area contributed by atoms with Crippen molar-refractivity contribution in [3.63, 3.8) is 0 Å². The van der Waals surface area contributed by atoms with Gasteiger partial charge in [0.05, 0.1) is 11.3 Å². The highest BCUT2D eigenvalue weighted by Crippen LogP contribution is 2.37. The minimum atomic E-state index is -0.498. The number of hydrogen-bond donors (Lipinski definition) is 3. The number of pyridine rings is 1. The van der Waals surface area contributed by atoms with Gasteiger partial charge in [0.25, 0.3) is 5.91 Å². The number of aromatic nitrogens is 3. The number of hydrogen-bond acceptors (Lipinski definition) is 4. The molecule has 0 bridgehead atoms. The lowest BCUT2D eigenvalue weighted by atomic mass is 10.1. The van der Waals surface area contributed by atoms with Crippen LogP contribution in [0.15, 0.2) is 48.8 Å². The first-order valence-electron chi connectivity index (χ1n) is 8.56. The summed E-state index contributed by atoms with van der Waals surface area (Å²) in [4.78, 5) is 22.8. The van der Waals surface area contributed by atoms with E-state index in [0.29, 0.717) is 36.0 Å². The zero-order valence-corrected chi connectivity index (χ0v) is 14.3. The van der Waals surface area contributed by atoms with Gasteiger partial charge in [-0.25, -0.2) is 4.98 Å². The Morgan fingerprint density at radius 3 is 2.78 bits per heavy atom. The summed E-state index contributed by atoms with van der Waals surface area (Å²) in [6, 6.07) is 11.2. The van der Waals surface area contributed by atoms with Crippen LogP contribution in [0, 0.1) is 0 Å². The van der Waals surface area contributed by atoms with Crippen LogP contribution in [-0.4, -0.2) is 34.1 Å². The molecule has 1 aromatic carbocycles. The van der Waals surface area contributed by atoms with Crippen LogP contribution in [0.4, 0.5) is 0 Å². The molecule has 27 heavy (non-hydrogen) atoms. The van der Waals surface area contributed by atoms with Crippen molar-refractivity contribution in [1.82, 2.24) is 15.0 Å². The maximum Gasteiger partial charge on any atom is 0.250 e. The molecule has 1 amide bonds. The van der Waals surface area contributed by atoms with Gasteiger partial charge in [-0.1, -0.05) is 0 Å². The summed E-state index contributed by atoms with van der Waals surface area (Å²) in [5.41, 5.74) is 10.0. The zero-order chi connectivity index (χ0) is 18.4. The summed E-state index contributed by atoms with van der Waals surface area (Å²) < 4.78 is 11.2. The SMILES string of the molecule is NC(=O)c1cc(-c2ccnc3[nH]ccc23)[nH]c1-c1ccc2c(c1)OCCO2. The van der Waals surface area contributed by atoms with Crippen molar-refractivity contribution in [3.8, 4) is 34.0 Å². The van der Waals surface area contributed by atoms with Gasteiger partial charge in [-0.3, -0.25) is 4.79 Å². The summed E-state index contributed by atoms with van der Waals surface area (Å²) in [5, 5.41) is 0.962. The fourth-order valence-corrected chi connectivity index (χ4v) is 3.42. The van der Waals surface area contributed by atoms with Gasteiger partial charge >= 0.3 is 0 Å². The number of fused-ring (bicyclic) bond motifs is 2. The molecule has 4 N–H and O–H groups in total. The quantitative estimate of drug-likeness (QED) is 0.522. The Hall–Kier alpha value is -3.74. The van der Waals surface area contributed by atoms with Gasteiger partial charge < -0.3 is 25.2 Å². The number of carbonyl (C=O) groups excluding carboxylic acids is 1. The molecule has 1 aliphatic rings. The summed E-state index contributed by atoms with van der Waals surface area (Å²) >= 11 is 0. The lowest BCUT2D eigenvalue weighted by Crippen LogP contribution is -2.15. The molecule has 0 saturated heterocycles. The van der Waals surface area contributed by atoms with Gasteiger partial charge in [-0.15, -0.1) is 0 Å². The number of nitrogens with zero attached hydrogens (tertiary/aromatic N) is 1. The lowest BCUT2D eigenvalue weighted by Gasteiger charge is -2.18. The van der Waals surface area contributed by atoms with Crippen molar-refractivity contribution in [3.05, 3.63) is 54.4 Å². The first-order valence-corrected chi connectivity index (χ1v) is 8.56. The highest BCUT2D eigenvalue weighted by molar-refractivity contribution is 6.02. The van der Waals surface area contributed by atoms with E-state index in [1.807, 2.05) is 36.5 Å². The number of H-pyrrole nitrogens is 2. The third-order valence-corrected chi connectivity index (χ3v) is 4.66. The number of aromatic amines is 2. The summed E-state index contributed by atoms with van der Waals surface area (Å²) in [7, 11) is 0. The summed E-state index contributed by atoms with van der Waals surface area (Å²) in [6.45, 7) is 1.03. The van der Waals surface area contributed by atoms with Crippen LogP contribution in [-0.2, 0) is 0 Å². The second-order valence-corrected chi connectivity index (χ2v) is 6.29. The molecule has 0 spiro atoms. The fourth-order valence-electron chi connectivity index (χ4n) is 3.42. The molecule has 7 heteroatoms. The van der Waals surface area contributed by atoms with Crippen LogP contribution in [0.25, 0.3) is 33.5 Å². The van der Waals surface area contributed by atoms with Crippen molar-refractivity contribution in [1.29, 1.82) is 0 Å². The molecule has 4 heterocycles. The van der Waals surface area contributed by atoms with E-state index in [2.05, 4.69) is 15.0 Å². The number of benzene rings is 1. The van der Waals surface area contributed by atoms with Crippen molar-refractivity contribution < 1.29 is 14.3 Å². The molecular formula is C20H16N4O3. The number of nitrogens with one attached hydrogen (secondary N) is 2. The van der Waals surface area contributed by atoms with Crippen LogP contribution in [0.3, 0.4) is 0 Å². The number of amides is 1. The van der Waals surface area contributed by atoms with Crippen molar-refractivity contribution in [2.75, 3.05) is 13.2 Å². The van der Waals surface area contributed by atoms with Crippen LogP contribution in [0.2, 0.25) is 0 Å². The van der Waals surface area contributed by atoms with Crippen LogP contribution in [0.5, 0.6) is 11.5 Å². The van der Waals surface area contributed by atoms with E-state index < -0.39 is 5.91 Å². The highest BCUT2D eigenvalue weighted by Gasteiger charge is 2.19. The standard InChI is InChI=1S/C20H16N4O3/c21-19(25)14-10-15(12-3-5-22-20-13(12)4-6-23-20)24-18(14)11-1-2-16-17(9-11)27-8-7-26-16/h1-6,9-10,24H,7-8H2,(H2,21,25)(H,22,23). The Bertz CT molecular complexity index is 1180. The van der Waals surface area contributed by atoms with E-state index in [4.69, 9.17) is 15.2 Å². The molecule has 0 radical (unpaired) electrons. The van der Waals surface area contributed by atoms with Gasteiger partial charge in [0, 0.05) is 34.6 Å². The van der Waals surface area contributed by atoms with Crippen molar-refractivity contribution >= 4 is 16.9 Å². The molecule has 7 nitrogen and oxygen atoms in total. The Balaban J connectivity index is 1.67. The maximum atomic E-state index is 12.1. The number of nitrogens with two attached hydrogens (primary N) is 1. The molecular weight excluding hydrogens is 344 g/mol. The molecule has 1 aliphatic heterocycles. The van der Waals surface area contributed by atoms with E-state index in [0.717, 1.165) is 27.9 Å². The van der Waals surface area contributed by atoms with E-state index in [-0.39, 0.29) is 0 Å². The van der Waals surface area contributed by atoms with Crippen LogP contribution < -0.4 is 15.2 Å². The zero-order valence-electron chi connectivity index (χ0n) is 14.3. The second kappa shape index (κ2) is 5.91. The average molecular weight is 360 g/mol. The molecule has 4 aromatic rings. The number of rotatable bonds is 3. The monoisotopic (exact) mass is 360 g/mol.